The van der Waals surface area contributed by atoms with Gasteiger partial charge in [-0.2, -0.15) is 5.10 Å². The third kappa shape index (κ3) is 6.50. The third-order valence-corrected chi connectivity index (χ3v) is 7.65. The van der Waals surface area contributed by atoms with Crippen LogP contribution in [0.1, 0.15) is 45.7 Å². The van der Waals surface area contributed by atoms with Crippen LogP contribution in [0.2, 0.25) is 10.0 Å². The van der Waals surface area contributed by atoms with Crippen LogP contribution in [-0.4, -0.2) is 64.5 Å². The van der Waals surface area contributed by atoms with E-state index in [4.69, 9.17) is 23.2 Å². The van der Waals surface area contributed by atoms with Crippen molar-refractivity contribution in [3.63, 3.8) is 0 Å². The lowest BCUT2D eigenvalue weighted by atomic mass is 10.0. The van der Waals surface area contributed by atoms with E-state index in [9.17, 15) is 23.6 Å². The van der Waals surface area contributed by atoms with Crippen molar-refractivity contribution in [3.05, 3.63) is 75.3 Å². The number of imide groups is 1. The van der Waals surface area contributed by atoms with Crippen molar-refractivity contribution < 1.29 is 23.6 Å². The summed E-state index contributed by atoms with van der Waals surface area (Å²) in [6.07, 6.45) is 2.77. The number of H-pyrrole nitrogens is 1. The number of piperidine rings is 1. The minimum atomic E-state index is -0.570. The van der Waals surface area contributed by atoms with Gasteiger partial charge in [-0.05, 0) is 37.1 Å². The fourth-order valence-electron chi connectivity index (χ4n) is 4.83. The van der Waals surface area contributed by atoms with E-state index in [2.05, 4.69) is 31.0 Å². The maximum atomic E-state index is 14.9. The van der Waals surface area contributed by atoms with Crippen LogP contribution in [0, 0.1) is 5.82 Å². The number of nitrogens with one attached hydrogen (secondary N) is 4. The molecule has 5 amide bonds. The van der Waals surface area contributed by atoms with E-state index < -0.39 is 23.7 Å². The van der Waals surface area contributed by atoms with Crippen molar-refractivity contribution in [1.29, 1.82) is 0 Å². The number of hydrogen-bond donors (Lipinski definition) is 4. The molecule has 11 nitrogen and oxygen atoms in total. The van der Waals surface area contributed by atoms with Gasteiger partial charge in [0.1, 0.15) is 11.5 Å². The second-order valence-corrected chi connectivity index (χ2v) is 10.6. The zero-order valence-electron chi connectivity index (χ0n) is 21.7. The van der Waals surface area contributed by atoms with Crippen molar-refractivity contribution >= 4 is 58.3 Å². The summed E-state index contributed by atoms with van der Waals surface area (Å²) in [7, 11) is 0. The molecular formula is C27H26Cl2FN7O4. The first-order valence-corrected chi connectivity index (χ1v) is 13.7. The minimum absolute atomic E-state index is 0.0929. The molecule has 4 N–H and O–H groups in total. The van der Waals surface area contributed by atoms with E-state index >= 15 is 0 Å². The molecule has 2 aliphatic rings. The fraction of sp³-hybridized carbons (Fsp3) is 0.296. The molecule has 3 aromatic rings. The first kappa shape index (κ1) is 28.5. The zero-order chi connectivity index (χ0) is 29.1. The van der Waals surface area contributed by atoms with Crippen LogP contribution in [0.15, 0.2) is 42.6 Å². The van der Waals surface area contributed by atoms with Crippen LogP contribution in [-0.2, 0) is 11.3 Å². The molecule has 14 heteroatoms. The molecular weight excluding hydrogens is 576 g/mol. The van der Waals surface area contributed by atoms with Gasteiger partial charge < -0.3 is 10.6 Å². The van der Waals surface area contributed by atoms with Crippen molar-refractivity contribution in [2.45, 2.75) is 31.8 Å². The van der Waals surface area contributed by atoms with E-state index in [1.54, 1.807) is 30.3 Å². The highest BCUT2D eigenvalue weighted by molar-refractivity contribution is 6.40. The van der Waals surface area contributed by atoms with Gasteiger partial charge in [-0.25, -0.2) is 9.18 Å². The molecule has 2 fully saturated rings. The highest BCUT2D eigenvalue weighted by atomic mass is 35.5. The number of aromatic nitrogens is 2. The molecule has 0 atom stereocenters. The summed E-state index contributed by atoms with van der Waals surface area (Å²) in [5, 5.41) is 14.7. The summed E-state index contributed by atoms with van der Waals surface area (Å²) >= 11 is 12.2. The summed E-state index contributed by atoms with van der Waals surface area (Å²) in [6.45, 7) is 1.82. The minimum Gasteiger partial charge on any atom is -0.348 e. The number of anilines is 2. The van der Waals surface area contributed by atoms with Gasteiger partial charge >= 0.3 is 6.03 Å². The smallest absolute Gasteiger partial charge is 0.328 e. The Hall–Kier alpha value is -4.00. The van der Waals surface area contributed by atoms with Crippen molar-refractivity contribution in [1.82, 2.24) is 25.7 Å². The standard InChI is InChI=1S/C27H26Cl2FN7O4/c28-18-2-1-3-19(29)23(18)25(39)33-21-13-31-35-24(21)26(40)32-16-6-9-36(10-7-16)14-15-4-5-17(12-20(15)30)37-11-8-22(38)34-27(37)41/h1-5,12-13,16H,6-11,14H2,(H,31,35)(H,32,40)(H,33,39)(H,34,38,41). The van der Waals surface area contributed by atoms with Crippen LogP contribution < -0.4 is 20.9 Å². The van der Waals surface area contributed by atoms with Gasteiger partial charge in [0.2, 0.25) is 5.91 Å². The third-order valence-electron chi connectivity index (χ3n) is 7.02. The lowest BCUT2D eigenvalue weighted by molar-refractivity contribution is -0.120. The fourth-order valence-corrected chi connectivity index (χ4v) is 5.40. The maximum absolute atomic E-state index is 14.9. The summed E-state index contributed by atoms with van der Waals surface area (Å²) in [6, 6.07) is 8.63. The average molecular weight is 602 g/mol. The Morgan fingerprint density at radius 2 is 1.78 bits per heavy atom. The number of nitrogens with zero attached hydrogens (tertiary/aromatic N) is 3. The molecule has 0 aliphatic carbocycles. The molecule has 0 radical (unpaired) electrons. The monoisotopic (exact) mass is 601 g/mol. The molecule has 0 bridgehead atoms. The zero-order valence-corrected chi connectivity index (χ0v) is 23.2. The Morgan fingerprint density at radius 1 is 1.05 bits per heavy atom. The van der Waals surface area contributed by atoms with Crippen LogP contribution in [0.5, 0.6) is 0 Å². The molecule has 1 aromatic heterocycles. The first-order valence-electron chi connectivity index (χ1n) is 12.9. The summed E-state index contributed by atoms with van der Waals surface area (Å²) < 4.78 is 14.9. The molecule has 2 saturated heterocycles. The number of halogens is 3. The predicted octanol–water partition coefficient (Wildman–Crippen LogP) is 3.95. The number of likely N-dealkylation sites (tertiary alicyclic amines) is 1. The number of amides is 5. The highest BCUT2D eigenvalue weighted by Crippen LogP contribution is 2.26. The molecule has 2 aliphatic heterocycles. The SMILES string of the molecule is O=C1CCN(c2ccc(CN3CCC(NC(=O)c4[nH]ncc4NC(=O)c4c(Cl)cccc4Cl)CC3)c(F)c2)C(=O)N1. The number of aromatic amines is 1. The van der Waals surface area contributed by atoms with Gasteiger partial charge in [-0.3, -0.25) is 34.6 Å². The number of urea groups is 1. The lowest BCUT2D eigenvalue weighted by Crippen LogP contribution is -2.49. The molecule has 5 rings (SSSR count). The second-order valence-electron chi connectivity index (χ2n) is 9.76. The van der Waals surface area contributed by atoms with Crippen LogP contribution in [0.25, 0.3) is 0 Å². The molecule has 214 valence electrons. The van der Waals surface area contributed by atoms with Crippen molar-refractivity contribution in [3.8, 4) is 0 Å². The molecule has 41 heavy (non-hydrogen) atoms. The molecule has 3 heterocycles. The second kappa shape index (κ2) is 12.2. The maximum Gasteiger partial charge on any atom is 0.328 e. The van der Waals surface area contributed by atoms with Gasteiger partial charge in [0, 0.05) is 49.9 Å². The van der Waals surface area contributed by atoms with Crippen LogP contribution >= 0.6 is 23.2 Å². The van der Waals surface area contributed by atoms with Gasteiger partial charge in [-0.1, -0.05) is 35.3 Å². The number of carbonyl (C=O) groups is 4. The van der Waals surface area contributed by atoms with Gasteiger partial charge in [0.25, 0.3) is 11.8 Å². The molecule has 2 aromatic carbocycles. The molecule has 0 spiro atoms. The predicted molar refractivity (Wildman–Crippen MR) is 151 cm³/mol. The number of carbonyl (C=O) groups excluding carboxylic acids is 4. The highest BCUT2D eigenvalue weighted by Gasteiger charge is 2.27. The van der Waals surface area contributed by atoms with E-state index in [-0.39, 0.29) is 51.9 Å². The summed E-state index contributed by atoms with van der Waals surface area (Å²) in [5.74, 6) is -1.78. The van der Waals surface area contributed by atoms with E-state index in [0.717, 1.165) is 0 Å². The number of benzene rings is 2. The Balaban J connectivity index is 1.13. The topological polar surface area (TPSA) is 140 Å². The Labute approximate surface area is 244 Å². The summed E-state index contributed by atoms with van der Waals surface area (Å²) in [4.78, 5) is 52.5. The van der Waals surface area contributed by atoms with E-state index in [1.807, 2.05) is 0 Å². The van der Waals surface area contributed by atoms with E-state index in [1.165, 1.54) is 17.2 Å². The van der Waals surface area contributed by atoms with Gasteiger partial charge in [0.15, 0.2) is 0 Å². The molecule has 0 unspecified atom stereocenters. The van der Waals surface area contributed by atoms with Crippen LogP contribution in [0.4, 0.5) is 20.6 Å². The Bertz CT molecular complexity index is 1490. The largest absolute Gasteiger partial charge is 0.348 e. The van der Waals surface area contributed by atoms with Gasteiger partial charge in [0.05, 0.1) is 27.5 Å². The Morgan fingerprint density at radius 3 is 2.46 bits per heavy atom. The average Bonchev–Trinajstić information content (AvgIpc) is 3.39. The lowest BCUT2D eigenvalue weighted by Gasteiger charge is -2.32. The Kier molecular flexibility index (Phi) is 8.52. The van der Waals surface area contributed by atoms with Crippen LogP contribution in [0.3, 0.4) is 0 Å². The summed E-state index contributed by atoms with van der Waals surface area (Å²) in [5.41, 5.74) is 1.25. The quantitative estimate of drug-likeness (QED) is 0.323. The number of hydrogen-bond acceptors (Lipinski definition) is 6. The van der Waals surface area contributed by atoms with Gasteiger partial charge in [-0.15, -0.1) is 0 Å². The molecule has 0 saturated carbocycles. The normalized spacial score (nSPS) is 16.4. The van der Waals surface area contributed by atoms with E-state index in [0.29, 0.717) is 43.7 Å². The van der Waals surface area contributed by atoms with Crippen molar-refractivity contribution in [2.75, 3.05) is 29.9 Å². The number of rotatable bonds is 7. The van der Waals surface area contributed by atoms with Crippen molar-refractivity contribution in [2.24, 2.45) is 0 Å². The first-order chi connectivity index (χ1) is 19.7.